The quantitative estimate of drug-likeness (QED) is 0.883. The van der Waals surface area contributed by atoms with Crippen molar-refractivity contribution < 1.29 is 4.52 Å². The van der Waals surface area contributed by atoms with Crippen LogP contribution in [-0.4, -0.2) is 9.72 Å². The van der Waals surface area contributed by atoms with Gasteiger partial charge in [-0.25, -0.2) is 0 Å². The fourth-order valence-electron chi connectivity index (χ4n) is 2.36. The predicted octanol–water partition coefficient (Wildman–Crippen LogP) is 2.71. The van der Waals surface area contributed by atoms with Gasteiger partial charge in [-0.1, -0.05) is 5.16 Å². The van der Waals surface area contributed by atoms with Crippen LogP contribution in [0.2, 0.25) is 0 Å². The van der Waals surface area contributed by atoms with Gasteiger partial charge >= 0.3 is 0 Å². The van der Waals surface area contributed by atoms with Crippen LogP contribution in [0.1, 0.15) is 35.3 Å². The van der Waals surface area contributed by atoms with Crippen LogP contribution < -0.4 is 5.32 Å². The molecule has 0 bridgehead atoms. The SMILES string of the molecule is CCn1c(C)cc(CNCc2cc(C)on2)c1C. The molecule has 2 rings (SSSR count). The highest BCUT2D eigenvalue weighted by molar-refractivity contribution is 5.26. The summed E-state index contributed by atoms with van der Waals surface area (Å²) in [4.78, 5) is 0. The standard InChI is InChI=1S/C14H21N3O/c1-5-17-10(2)6-13(12(17)4)8-15-9-14-7-11(3)18-16-14/h6-7,15H,5,8-9H2,1-4H3. The van der Waals surface area contributed by atoms with Gasteiger partial charge in [0.2, 0.25) is 0 Å². The molecular formula is C14H21N3O. The minimum absolute atomic E-state index is 0.743. The molecule has 0 saturated heterocycles. The molecule has 4 heteroatoms. The van der Waals surface area contributed by atoms with Gasteiger partial charge in [-0.2, -0.15) is 0 Å². The van der Waals surface area contributed by atoms with Crippen LogP contribution in [0.4, 0.5) is 0 Å². The molecule has 0 saturated carbocycles. The molecule has 0 spiro atoms. The number of nitrogens with one attached hydrogen (secondary N) is 1. The van der Waals surface area contributed by atoms with E-state index in [2.05, 4.69) is 41.9 Å². The van der Waals surface area contributed by atoms with Gasteiger partial charge in [0.05, 0.1) is 5.69 Å². The summed E-state index contributed by atoms with van der Waals surface area (Å²) in [6.07, 6.45) is 0. The monoisotopic (exact) mass is 247 g/mol. The van der Waals surface area contributed by atoms with Crippen LogP contribution in [-0.2, 0) is 19.6 Å². The smallest absolute Gasteiger partial charge is 0.133 e. The lowest BCUT2D eigenvalue weighted by atomic mass is 10.2. The van der Waals surface area contributed by atoms with Gasteiger partial charge in [-0.15, -0.1) is 0 Å². The maximum Gasteiger partial charge on any atom is 0.133 e. The van der Waals surface area contributed by atoms with E-state index in [9.17, 15) is 0 Å². The Bertz CT molecular complexity index is 525. The predicted molar refractivity (Wildman–Crippen MR) is 71.4 cm³/mol. The molecule has 2 aromatic heterocycles. The van der Waals surface area contributed by atoms with Crippen molar-refractivity contribution in [1.29, 1.82) is 0 Å². The van der Waals surface area contributed by atoms with Crippen molar-refractivity contribution in [2.45, 2.75) is 47.3 Å². The fraction of sp³-hybridized carbons (Fsp3) is 0.500. The van der Waals surface area contributed by atoms with Gasteiger partial charge in [-0.05, 0) is 39.3 Å². The molecule has 0 radical (unpaired) electrons. The summed E-state index contributed by atoms with van der Waals surface area (Å²) < 4.78 is 7.37. The summed E-state index contributed by atoms with van der Waals surface area (Å²) in [6, 6.07) is 4.21. The first-order valence-corrected chi connectivity index (χ1v) is 6.40. The third kappa shape index (κ3) is 2.64. The van der Waals surface area contributed by atoms with E-state index in [-0.39, 0.29) is 0 Å². The van der Waals surface area contributed by atoms with Crippen molar-refractivity contribution in [3.63, 3.8) is 0 Å². The first-order chi connectivity index (χ1) is 8.61. The van der Waals surface area contributed by atoms with Crippen molar-refractivity contribution in [2.75, 3.05) is 0 Å². The molecule has 0 atom stereocenters. The van der Waals surface area contributed by atoms with Crippen LogP contribution in [0.25, 0.3) is 0 Å². The summed E-state index contributed by atoms with van der Waals surface area (Å²) >= 11 is 0. The average Bonchev–Trinajstić information content (AvgIpc) is 2.85. The van der Waals surface area contributed by atoms with E-state index in [1.165, 1.54) is 17.0 Å². The number of hydrogen-bond donors (Lipinski definition) is 1. The number of aromatic nitrogens is 2. The molecule has 0 fully saturated rings. The van der Waals surface area contributed by atoms with E-state index >= 15 is 0 Å². The highest BCUT2D eigenvalue weighted by Gasteiger charge is 2.07. The van der Waals surface area contributed by atoms with Crippen LogP contribution in [0.15, 0.2) is 16.7 Å². The van der Waals surface area contributed by atoms with Crippen LogP contribution in [0.3, 0.4) is 0 Å². The van der Waals surface area contributed by atoms with Crippen LogP contribution >= 0.6 is 0 Å². The van der Waals surface area contributed by atoms with Crippen molar-refractivity contribution in [1.82, 2.24) is 15.0 Å². The molecular weight excluding hydrogens is 226 g/mol. The van der Waals surface area contributed by atoms with E-state index in [4.69, 9.17) is 4.52 Å². The van der Waals surface area contributed by atoms with Crippen molar-refractivity contribution in [3.8, 4) is 0 Å². The third-order valence-electron chi connectivity index (χ3n) is 3.29. The Morgan fingerprint density at radius 2 is 2.00 bits per heavy atom. The minimum atomic E-state index is 0.743. The zero-order chi connectivity index (χ0) is 13.1. The molecule has 0 aromatic carbocycles. The second-order valence-corrected chi connectivity index (χ2v) is 4.67. The number of nitrogens with zero attached hydrogens (tertiary/aromatic N) is 2. The lowest BCUT2D eigenvalue weighted by Gasteiger charge is -2.06. The fourth-order valence-corrected chi connectivity index (χ4v) is 2.36. The number of rotatable bonds is 5. The molecule has 0 aliphatic rings. The minimum Gasteiger partial charge on any atom is -0.361 e. The molecule has 98 valence electrons. The molecule has 0 unspecified atom stereocenters. The Balaban J connectivity index is 1.94. The third-order valence-corrected chi connectivity index (χ3v) is 3.29. The average molecular weight is 247 g/mol. The lowest BCUT2D eigenvalue weighted by molar-refractivity contribution is 0.388. The summed E-state index contributed by atoms with van der Waals surface area (Å²) in [5.74, 6) is 0.857. The second kappa shape index (κ2) is 5.40. The summed E-state index contributed by atoms with van der Waals surface area (Å²) in [7, 11) is 0. The summed E-state index contributed by atoms with van der Waals surface area (Å²) in [6.45, 7) is 11.0. The number of aryl methyl sites for hydroxylation is 2. The number of hydrogen-bond acceptors (Lipinski definition) is 3. The Morgan fingerprint density at radius 3 is 2.56 bits per heavy atom. The first-order valence-electron chi connectivity index (χ1n) is 6.40. The van der Waals surface area contributed by atoms with Crippen molar-refractivity contribution in [3.05, 3.63) is 40.5 Å². The topological polar surface area (TPSA) is 43.0 Å². The molecule has 18 heavy (non-hydrogen) atoms. The van der Waals surface area contributed by atoms with Gasteiger partial charge in [0.25, 0.3) is 0 Å². The molecule has 0 aliphatic heterocycles. The molecule has 0 aliphatic carbocycles. The normalized spacial score (nSPS) is 11.1. The summed E-state index contributed by atoms with van der Waals surface area (Å²) in [5.41, 5.74) is 4.98. The highest BCUT2D eigenvalue weighted by atomic mass is 16.5. The summed E-state index contributed by atoms with van der Waals surface area (Å²) in [5, 5.41) is 7.37. The van der Waals surface area contributed by atoms with E-state index in [0.29, 0.717) is 0 Å². The maximum absolute atomic E-state index is 5.04. The molecule has 1 N–H and O–H groups in total. The van der Waals surface area contributed by atoms with Crippen LogP contribution in [0.5, 0.6) is 0 Å². The van der Waals surface area contributed by atoms with Gasteiger partial charge in [-0.3, -0.25) is 0 Å². The van der Waals surface area contributed by atoms with Crippen LogP contribution in [0, 0.1) is 20.8 Å². The Morgan fingerprint density at radius 1 is 1.22 bits per heavy atom. The lowest BCUT2D eigenvalue weighted by Crippen LogP contribution is -2.13. The molecule has 0 amide bonds. The zero-order valence-electron chi connectivity index (χ0n) is 11.6. The van der Waals surface area contributed by atoms with E-state index in [0.717, 1.165) is 31.1 Å². The Hall–Kier alpha value is -1.55. The van der Waals surface area contributed by atoms with Gasteiger partial charge in [0.1, 0.15) is 5.76 Å². The van der Waals surface area contributed by atoms with E-state index in [1.54, 1.807) is 0 Å². The maximum atomic E-state index is 5.04. The zero-order valence-corrected chi connectivity index (χ0v) is 11.6. The van der Waals surface area contributed by atoms with Crippen molar-refractivity contribution >= 4 is 0 Å². The highest BCUT2D eigenvalue weighted by Crippen LogP contribution is 2.14. The second-order valence-electron chi connectivity index (χ2n) is 4.67. The van der Waals surface area contributed by atoms with Gasteiger partial charge < -0.3 is 14.4 Å². The Labute approximate surface area is 108 Å². The first kappa shape index (κ1) is 12.9. The molecule has 2 heterocycles. The van der Waals surface area contributed by atoms with Gasteiger partial charge in [0.15, 0.2) is 0 Å². The molecule has 2 aromatic rings. The molecule has 4 nitrogen and oxygen atoms in total. The van der Waals surface area contributed by atoms with Crippen molar-refractivity contribution in [2.24, 2.45) is 0 Å². The van der Waals surface area contributed by atoms with E-state index < -0.39 is 0 Å². The van der Waals surface area contributed by atoms with Gasteiger partial charge in [0, 0.05) is 37.1 Å². The van der Waals surface area contributed by atoms with E-state index in [1.807, 2.05) is 13.0 Å². The Kier molecular flexibility index (Phi) is 3.87. The largest absolute Gasteiger partial charge is 0.361 e.